The Hall–Kier alpha value is -4.21. The van der Waals surface area contributed by atoms with Gasteiger partial charge >= 0.3 is 0 Å². The first-order valence-corrected chi connectivity index (χ1v) is 13.5. The number of hydrogen-bond donors (Lipinski definition) is 1. The molecule has 9 heteroatoms. The number of aliphatic hydroxyl groups excluding tert-OH is 1. The third kappa shape index (κ3) is 5.57. The van der Waals surface area contributed by atoms with Crippen LogP contribution in [0.3, 0.4) is 0 Å². The van der Waals surface area contributed by atoms with Crippen LogP contribution in [0.1, 0.15) is 29.3 Å². The second-order valence-electron chi connectivity index (χ2n) is 9.86. The van der Waals surface area contributed by atoms with Crippen LogP contribution in [-0.2, 0) is 14.3 Å². The Morgan fingerprint density at radius 1 is 1.10 bits per heavy atom. The molecule has 3 heterocycles. The van der Waals surface area contributed by atoms with Crippen LogP contribution in [0.4, 0.5) is 0 Å². The van der Waals surface area contributed by atoms with Crippen LogP contribution >= 0.6 is 0 Å². The van der Waals surface area contributed by atoms with E-state index in [0.29, 0.717) is 55.4 Å². The average Bonchev–Trinajstić information content (AvgIpc) is 3.49. The minimum atomic E-state index is -0.738. The molecule has 2 saturated heterocycles. The zero-order valence-corrected chi connectivity index (χ0v) is 22.7. The third-order valence-electron chi connectivity index (χ3n) is 7.35. The second-order valence-corrected chi connectivity index (χ2v) is 9.86. The molecule has 40 heavy (non-hydrogen) atoms. The molecule has 2 fully saturated rings. The van der Waals surface area contributed by atoms with E-state index in [0.717, 1.165) is 25.3 Å². The number of morpholine rings is 1. The van der Waals surface area contributed by atoms with Crippen molar-refractivity contribution in [1.82, 2.24) is 19.6 Å². The van der Waals surface area contributed by atoms with Crippen molar-refractivity contribution in [1.29, 1.82) is 0 Å². The molecule has 0 saturated carbocycles. The average molecular weight is 543 g/mol. The number of carbonyl (C=O) groups excluding carboxylic acids is 2. The number of ketones is 1. The first-order valence-electron chi connectivity index (χ1n) is 13.5. The van der Waals surface area contributed by atoms with Gasteiger partial charge in [-0.2, -0.15) is 5.10 Å². The number of nitrogens with zero attached hydrogens (tertiary/aromatic N) is 4. The molecule has 1 N–H and O–H groups in total. The molecule has 0 aliphatic carbocycles. The van der Waals surface area contributed by atoms with Gasteiger partial charge in [0.2, 0.25) is 0 Å². The Labute approximate surface area is 233 Å². The summed E-state index contributed by atoms with van der Waals surface area (Å²) in [5.41, 5.74) is 2.67. The monoisotopic (exact) mass is 542 g/mol. The number of para-hydroxylation sites is 1. The van der Waals surface area contributed by atoms with Crippen molar-refractivity contribution in [2.45, 2.75) is 19.4 Å². The van der Waals surface area contributed by atoms with Gasteiger partial charge in [0.25, 0.3) is 11.7 Å². The van der Waals surface area contributed by atoms with Gasteiger partial charge in [-0.15, -0.1) is 0 Å². The zero-order valence-electron chi connectivity index (χ0n) is 22.7. The quantitative estimate of drug-likeness (QED) is 0.180. The van der Waals surface area contributed by atoms with E-state index in [1.165, 1.54) is 6.20 Å². The summed E-state index contributed by atoms with van der Waals surface area (Å²) in [5.74, 6) is -0.903. The van der Waals surface area contributed by atoms with Crippen LogP contribution in [-0.4, -0.2) is 82.4 Å². The van der Waals surface area contributed by atoms with Crippen LogP contribution in [0.5, 0.6) is 5.75 Å². The summed E-state index contributed by atoms with van der Waals surface area (Å²) in [7, 11) is 0. The molecule has 3 aromatic rings. The number of aromatic nitrogens is 2. The number of carbonyl (C=O) groups is 2. The van der Waals surface area contributed by atoms with E-state index in [4.69, 9.17) is 9.47 Å². The summed E-state index contributed by atoms with van der Waals surface area (Å²) in [6, 6.07) is 16.1. The topological polar surface area (TPSA) is 97.1 Å². The van der Waals surface area contributed by atoms with Gasteiger partial charge in [-0.05, 0) is 43.2 Å². The van der Waals surface area contributed by atoms with Gasteiger partial charge in [0.1, 0.15) is 18.1 Å². The highest BCUT2D eigenvalue weighted by Crippen LogP contribution is 2.40. The first kappa shape index (κ1) is 27.4. The molecule has 9 nitrogen and oxygen atoms in total. The summed E-state index contributed by atoms with van der Waals surface area (Å²) in [4.78, 5) is 30.7. The van der Waals surface area contributed by atoms with Crippen LogP contribution in [0.15, 0.2) is 79.0 Å². The molecule has 1 atom stereocenters. The van der Waals surface area contributed by atoms with Crippen molar-refractivity contribution in [3.63, 3.8) is 0 Å². The lowest BCUT2D eigenvalue weighted by Crippen LogP contribution is -2.38. The number of aliphatic hydroxyl groups is 1. The number of benzene rings is 2. The minimum Gasteiger partial charge on any atom is -0.507 e. The molecule has 1 unspecified atom stereocenters. The fourth-order valence-electron chi connectivity index (χ4n) is 5.26. The van der Waals surface area contributed by atoms with E-state index < -0.39 is 17.7 Å². The maximum Gasteiger partial charge on any atom is 0.295 e. The van der Waals surface area contributed by atoms with E-state index in [1.54, 1.807) is 27.8 Å². The van der Waals surface area contributed by atoms with Crippen molar-refractivity contribution in [3.05, 3.63) is 95.8 Å². The van der Waals surface area contributed by atoms with Gasteiger partial charge < -0.3 is 19.5 Å². The molecular formula is C31H34N4O5. The number of likely N-dealkylation sites (tertiary alicyclic amines) is 1. The molecule has 2 aliphatic heterocycles. The van der Waals surface area contributed by atoms with Crippen LogP contribution in [0.25, 0.3) is 11.4 Å². The molecule has 0 bridgehead atoms. The van der Waals surface area contributed by atoms with E-state index in [-0.39, 0.29) is 11.3 Å². The molecule has 1 amide bonds. The summed E-state index contributed by atoms with van der Waals surface area (Å²) in [6.45, 7) is 10.1. The lowest BCUT2D eigenvalue weighted by molar-refractivity contribution is -0.140. The molecule has 1 aromatic heterocycles. The largest absolute Gasteiger partial charge is 0.507 e. The van der Waals surface area contributed by atoms with Gasteiger partial charge in [-0.3, -0.25) is 14.5 Å². The smallest absolute Gasteiger partial charge is 0.295 e. The van der Waals surface area contributed by atoms with Crippen LogP contribution in [0, 0.1) is 6.92 Å². The van der Waals surface area contributed by atoms with Gasteiger partial charge in [0.15, 0.2) is 0 Å². The summed E-state index contributed by atoms with van der Waals surface area (Å²) < 4.78 is 12.8. The van der Waals surface area contributed by atoms with Gasteiger partial charge in [0, 0.05) is 26.2 Å². The standard InChI is InChI=1S/C31H34N4O5/c1-3-18-40-25-12-10-23(11-13-25)28-27(29(36)26-21-32-35(22(26)2)24-8-5-4-6-9-24)30(37)31(38)34(28)15-7-14-33-16-19-39-20-17-33/h3-6,8-13,21,28,36H,1,7,14-20H2,2H3/b29-27+. The van der Waals surface area contributed by atoms with Crippen LogP contribution < -0.4 is 4.74 Å². The maximum absolute atomic E-state index is 13.5. The Balaban J connectivity index is 1.50. The van der Waals surface area contributed by atoms with Crippen LogP contribution in [0.2, 0.25) is 0 Å². The van der Waals surface area contributed by atoms with Crippen molar-refractivity contribution in [2.75, 3.05) is 46.0 Å². The predicted octanol–water partition coefficient (Wildman–Crippen LogP) is 3.89. The summed E-state index contributed by atoms with van der Waals surface area (Å²) in [5, 5.41) is 16.0. The highest BCUT2D eigenvalue weighted by molar-refractivity contribution is 6.46. The molecular weight excluding hydrogens is 508 g/mol. The number of amides is 1. The molecule has 0 radical (unpaired) electrons. The number of hydrogen-bond acceptors (Lipinski definition) is 7. The van der Waals surface area contributed by atoms with E-state index in [9.17, 15) is 14.7 Å². The molecule has 0 spiro atoms. The minimum absolute atomic E-state index is 0.0619. The van der Waals surface area contributed by atoms with E-state index in [2.05, 4.69) is 16.6 Å². The fraction of sp³-hybridized carbons (Fsp3) is 0.323. The van der Waals surface area contributed by atoms with Gasteiger partial charge in [0.05, 0.1) is 48.0 Å². The molecule has 2 aliphatic rings. The second kappa shape index (κ2) is 12.3. The van der Waals surface area contributed by atoms with Crippen molar-refractivity contribution < 1.29 is 24.2 Å². The normalized spacial score (nSPS) is 19.2. The fourth-order valence-corrected chi connectivity index (χ4v) is 5.26. The highest BCUT2D eigenvalue weighted by Gasteiger charge is 2.46. The van der Waals surface area contributed by atoms with Gasteiger partial charge in [-0.1, -0.05) is 43.0 Å². The lowest BCUT2D eigenvalue weighted by Gasteiger charge is -2.29. The summed E-state index contributed by atoms with van der Waals surface area (Å²) >= 11 is 0. The SMILES string of the molecule is C=CCOc1ccc(C2/C(=C(\O)c3cnn(-c4ccccc4)c3C)C(=O)C(=O)N2CCCN2CCOCC2)cc1. The summed E-state index contributed by atoms with van der Waals surface area (Å²) in [6.07, 6.45) is 3.89. The highest BCUT2D eigenvalue weighted by atomic mass is 16.5. The Bertz CT molecular complexity index is 1390. The van der Waals surface area contributed by atoms with E-state index in [1.807, 2.05) is 49.4 Å². The van der Waals surface area contributed by atoms with Crippen molar-refractivity contribution in [3.8, 4) is 11.4 Å². The Kier molecular flexibility index (Phi) is 8.42. The number of ether oxygens (including phenoxy) is 2. The lowest BCUT2D eigenvalue weighted by atomic mass is 9.95. The number of rotatable bonds is 10. The van der Waals surface area contributed by atoms with Gasteiger partial charge in [-0.25, -0.2) is 4.68 Å². The first-order chi connectivity index (χ1) is 19.5. The Morgan fingerprint density at radius 3 is 2.52 bits per heavy atom. The predicted molar refractivity (Wildman–Crippen MR) is 151 cm³/mol. The van der Waals surface area contributed by atoms with Crippen molar-refractivity contribution in [2.24, 2.45) is 0 Å². The molecule has 2 aromatic carbocycles. The number of Topliss-reactive ketones (excluding diaryl/α,β-unsaturated/α-hetero) is 1. The zero-order chi connectivity index (χ0) is 28.1. The Morgan fingerprint density at radius 2 is 1.82 bits per heavy atom. The molecule has 208 valence electrons. The molecule has 5 rings (SSSR count). The third-order valence-corrected chi connectivity index (χ3v) is 7.35. The van der Waals surface area contributed by atoms with Crippen molar-refractivity contribution >= 4 is 17.4 Å². The van der Waals surface area contributed by atoms with E-state index >= 15 is 0 Å². The maximum atomic E-state index is 13.5.